The number of benzene rings is 2. The van der Waals surface area contributed by atoms with Crippen LogP contribution in [0.15, 0.2) is 53.0 Å². The lowest BCUT2D eigenvalue weighted by molar-refractivity contribution is 0.102. The second-order valence-corrected chi connectivity index (χ2v) is 8.12. The zero-order valence-electron chi connectivity index (χ0n) is 15.4. The van der Waals surface area contributed by atoms with Crippen LogP contribution in [0.25, 0.3) is 0 Å². The summed E-state index contributed by atoms with van der Waals surface area (Å²) in [6.45, 7) is 3.37. The third-order valence-corrected chi connectivity index (χ3v) is 5.31. The van der Waals surface area contributed by atoms with Crippen molar-refractivity contribution >= 4 is 33.2 Å². The Bertz CT molecular complexity index is 737. The number of hydrogen-bond donors (Lipinski definition) is 1. The molecule has 26 heavy (non-hydrogen) atoms. The minimum absolute atomic E-state index is 0.0939. The molecular weight excluding hydrogens is 390 g/mol. The van der Waals surface area contributed by atoms with Crippen molar-refractivity contribution in [3.63, 3.8) is 0 Å². The van der Waals surface area contributed by atoms with E-state index < -0.39 is 0 Å². The van der Waals surface area contributed by atoms with Crippen LogP contribution < -0.4 is 10.2 Å². The van der Waals surface area contributed by atoms with Gasteiger partial charge in [-0.05, 0) is 75.3 Å². The molecule has 2 aromatic rings. The molecule has 1 N–H and O–H groups in total. The summed E-state index contributed by atoms with van der Waals surface area (Å²) in [7, 11) is 4.29. The molecule has 1 saturated heterocycles. The van der Waals surface area contributed by atoms with Crippen molar-refractivity contribution in [1.29, 1.82) is 0 Å². The van der Waals surface area contributed by atoms with Gasteiger partial charge in [-0.1, -0.05) is 22.0 Å². The lowest BCUT2D eigenvalue weighted by Gasteiger charge is -2.34. The number of amides is 1. The molecule has 138 valence electrons. The molecule has 0 atom stereocenters. The Morgan fingerprint density at radius 2 is 1.85 bits per heavy atom. The Morgan fingerprint density at radius 3 is 2.46 bits per heavy atom. The van der Waals surface area contributed by atoms with Gasteiger partial charge in [-0.2, -0.15) is 0 Å². The second-order valence-electron chi connectivity index (χ2n) is 7.20. The molecule has 0 unspecified atom stereocenters. The molecule has 0 spiro atoms. The molecule has 1 fully saturated rings. The van der Waals surface area contributed by atoms with Gasteiger partial charge in [0.25, 0.3) is 5.91 Å². The van der Waals surface area contributed by atoms with Gasteiger partial charge < -0.3 is 15.1 Å². The van der Waals surface area contributed by atoms with Gasteiger partial charge in [0.1, 0.15) is 0 Å². The summed E-state index contributed by atoms with van der Waals surface area (Å²) in [5, 5.41) is 2.96. The number of anilines is 2. The van der Waals surface area contributed by atoms with Gasteiger partial charge in [-0.15, -0.1) is 0 Å². The maximum atomic E-state index is 12.3. The first-order valence-electron chi connectivity index (χ1n) is 9.08. The molecule has 0 saturated carbocycles. The van der Waals surface area contributed by atoms with E-state index in [-0.39, 0.29) is 5.91 Å². The van der Waals surface area contributed by atoms with Crippen molar-refractivity contribution in [3.8, 4) is 0 Å². The van der Waals surface area contributed by atoms with Crippen LogP contribution in [0, 0.1) is 5.92 Å². The molecule has 5 heteroatoms. The fourth-order valence-electron chi connectivity index (χ4n) is 3.48. The van der Waals surface area contributed by atoms with Crippen LogP contribution in [-0.4, -0.2) is 44.5 Å². The lowest BCUT2D eigenvalue weighted by Crippen LogP contribution is -2.37. The van der Waals surface area contributed by atoms with Crippen molar-refractivity contribution in [1.82, 2.24) is 4.90 Å². The van der Waals surface area contributed by atoms with Gasteiger partial charge in [-0.3, -0.25) is 4.79 Å². The first-order valence-corrected chi connectivity index (χ1v) is 9.87. The molecule has 4 nitrogen and oxygen atoms in total. The molecule has 1 aliphatic heterocycles. The number of carbonyl (C=O) groups is 1. The number of hydrogen-bond acceptors (Lipinski definition) is 3. The molecule has 2 aromatic carbocycles. The zero-order chi connectivity index (χ0) is 18.5. The molecular formula is C21H26BrN3O. The summed E-state index contributed by atoms with van der Waals surface area (Å²) in [5.41, 5.74) is 2.70. The van der Waals surface area contributed by atoms with E-state index in [1.54, 1.807) is 0 Å². The molecule has 3 rings (SSSR count). The van der Waals surface area contributed by atoms with E-state index in [0.29, 0.717) is 5.56 Å². The van der Waals surface area contributed by atoms with Crippen LogP contribution >= 0.6 is 15.9 Å². The molecule has 0 radical (unpaired) electrons. The minimum atomic E-state index is -0.0939. The molecule has 0 aliphatic carbocycles. The Kier molecular flexibility index (Phi) is 6.33. The van der Waals surface area contributed by atoms with Crippen molar-refractivity contribution in [2.45, 2.75) is 12.8 Å². The topological polar surface area (TPSA) is 35.6 Å². The van der Waals surface area contributed by atoms with E-state index >= 15 is 0 Å². The number of nitrogens with one attached hydrogen (secondary N) is 1. The molecule has 0 aromatic heterocycles. The fraction of sp³-hybridized carbons (Fsp3) is 0.381. The third kappa shape index (κ3) is 5.08. The largest absolute Gasteiger partial charge is 0.372 e. The number of nitrogens with zero attached hydrogens (tertiary/aromatic N) is 2. The Hall–Kier alpha value is -1.85. The minimum Gasteiger partial charge on any atom is -0.372 e. The van der Waals surface area contributed by atoms with E-state index in [0.717, 1.165) is 29.2 Å². The number of carbonyl (C=O) groups excluding carboxylic acids is 1. The fourth-order valence-corrected chi connectivity index (χ4v) is 3.88. The molecule has 1 heterocycles. The van der Waals surface area contributed by atoms with Gasteiger partial charge in [0, 0.05) is 41.0 Å². The van der Waals surface area contributed by atoms with Crippen molar-refractivity contribution in [2.24, 2.45) is 5.92 Å². The summed E-state index contributed by atoms with van der Waals surface area (Å²) >= 11 is 3.40. The van der Waals surface area contributed by atoms with Crippen LogP contribution in [0.2, 0.25) is 0 Å². The standard InChI is InChI=1S/C21H26BrN3O/c1-24(2)15-16-10-12-25(13-11-16)20-8-6-19(7-9-20)23-21(26)17-4-3-5-18(22)14-17/h3-9,14,16H,10-13,15H2,1-2H3,(H,23,26). The highest BCUT2D eigenvalue weighted by Crippen LogP contribution is 2.25. The maximum absolute atomic E-state index is 12.3. The Balaban J connectivity index is 1.56. The van der Waals surface area contributed by atoms with Gasteiger partial charge >= 0.3 is 0 Å². The maximum Gasteiger partial charge on any atom is 0.255 e. The summed E-state index contributed by atoms with van der Waals surface area (Å²) < 4.78 is 0.901. The smallest absolute Gasteiger partial charge is 0.255 e. The predicted molar refractivity (Wildman–Crippen MR) is 112 cm³/mol. The highest BCUT2D eigenvalue weighted by molar-refractivity contribution is 9.10. The van der Waals surface area contributed by atoms with Gasteiger partial charge in [0.15, 0.2) is 0 Å². The summed E-state index contributed by atoms with van der Waals surface area (Å²) in [6, 6.07) is 15.6. The quantitative estimate of drug-likeness (QED) is 0.781. The molecule has 0 bridgehead atoms. The van der Waals surface area contributed by atoms with Gasteiger partial charge in [0.2, 0.25) is 0 Å². The normalized spacial score (nSPS) is 15.3. The monoisotopic (exact) mass is 415 g/mol. The lowest BCUT2D eigenvalue weighted by atomic mass is 9.96. The van der Waals surface area contributed by atoms with Gasteiger partial charge in [-0.25, -0.2) is 0 Å². The van der Waals surface area contributed by atoms with Gasteiger partial charge in [0.05, 0.1) is 0 Å². The number of piperidine rings is 1. The van der Waals surface area contributed by atoms with E-state index in [9.17, 15) is 4.79 Å². The highest BCUT2D eigenvalue weighted by Gasteiger charge is 2.19. The van der Waals surface area contributed by atoms with Crippen LogP contribution in [0.3, 0.4) is 0 Å². The zero-order valence-corrected chi connectivity index (χ0v) is 17.0. The van der Waals surface area contributed by atoms with Crippen LogP contribution in [-0.2, 0) is 0 Å². The summed E-state index contributed by atoms with van der Waals surface area (Å²) in [5.74, 6) is 0.702. The summed E-state index contributed by atoms with van der Waals surface area (Å²) in [4.78, 5) is 17.0. The van der Waals surface area contributed by atoms with E-state index in [1.165, 1.54) is 25.1 Å². The first-order chi connectivity index (χ1) is 12.5. The van der Waals surface area contributed by atoms with Crippen LogP contribution in [0.4, 0.5) is 11.4 Å². The Morgan fingerprint density at radius 1 is 1.15 bits per heavy atom. The number of rotatable bonds is 5. The van der Waals surface area contributed by atoms with Crippen molar-refractivity contribution in [2.75, 3.05) is 43.9 Å². The average molecular weight is 416 g/mol. The van der Waals surface area contributed by atoms with Crippen molar-refractivity contribution < 1.29 is 4.79 Å². The highest BCUT2D eigenvalue weighted by atomic mass is 79.9. The number of halogens is 1. The predicted octanol–water partition coefficient (Wildman–Crippen LogP) is 4.48. The Labute approximate surface area is 164 Å². The van der Waals surface area contributed by atoms with Crippen LogP contribution in [0.5, 0.6) is 0 Å². The summed E-state index contributed by atoms with van der Waals surface area (Å²) in [6.07, 6.45) is 2.47. The molecule has 1 aliphatic rings. The van der Waals surface area contributed by atoms with E-state index in [1.807, 2.05) is 36.4 Å². The molecule has 1 amide bonds. The second kappa shape index (κ2) is 8.69. The first kappa shape index (κ1) is 18.9. The van der Waals surface area contributed by atoms with E-state index in [4.69, 9.17) is 0 Å². The third-order valence-electron chi connectivity index (χ3n) is 4.82. The van der Waals surface area contributed by atoms with E-state index in [2.05, 4.69) is 57.3 Å². The SMILES string of the molecule is CN(C)CC1CCN(c2ccc(NC(=O)c3cccc(Br)c3)cc2)CC1. The van der Waals surface area contributed by atoms with Crippen LogP contribution in [0.1, 0.15) is 23.2 Å². The van der Waals surface area contributed by atoms with Crippen molar-refractivity contribution in [3.05, 3.63) is 58.6 Å². The average Bonchev–Trinajstić information content (AvgIpc) is 2.62.